The van der Waals surface area contributed by atoms with Gasteiger partial charge in [0.2, 0.25) is 5.91 Å². The van der Waals surface area contributed by atoms with Gasteiger partial charge in [-0.25, -0.2) is 15.0 Å². The van der Waals surface area contributed by atoms with Gasteiger partial charge >= 0.3 is 0 Å². The lowest BCUT2D eigenvalue weighted by molar-refractivity contribution is -0.115. The van der Waals surface area contributed by atoms with Gasteiger partial charge in [0.25, 0.3) is 0 Å². The van der Waals surface area contributed by atoms with E-state index in [-0.39, 0.29) is 10.2 Å². The molecule has 2 fully saturated rings. The van der Waals surface area contributed by atoms with Crippen LogP contribution in [0.25, 0.3) is 0 Å². The maximum Gasteiger partial charge on any atom is 0.224 e. The summed E-state index contributed by atoms with van der Waals surface area (Å²) in [7, 11) is 0. The van der Waals surface area contributed by atoms with Crippen molar-refractivity contribution in [3.8, 4) is 0 Å². The molecule has 0 spiro atoms. The van der Waals surface area contributed by atoms with Crippen LogP contribution >= 0.6 is 11.8 Å². The van der Waals surface area contributed by atoms with E-state index in [1.165, 1.54) is 37.7 Å². The first-order valence-corrected chi connectivity index (χ1v) is 13.4. The first kappa shape index (κ1) is 26.0. The smallest absolute Gasteiger partial charge is 0.224 e. The molecule has 0 radical (unpaired) electrons. The van der Waals surface area contributed by atoms with Crippen LogP contribution in [-0.4, -0.2) is 58.8 Å². The van der Waals surface area contributed by atoms with Crippen LogP contribution in [0.15, 0.2) is 57.1 Å². The van der Waals surface area contributed by atoms with Crippen molar-refractivity contribution in [3.05, 3.63) is 42.1 Å². The van der Waals surface area contributed by atoms with Crippen LogP contribution in [0.4, 0.5) is 17.3 Å². The molecule has 1 aromatic carbocycles. The van der Waals surface area contributed by atoms with Gasteiger partial charge in [0.1, 0.15) is 11.7 Å². The van der Waals surface area contributed by atoms with E-state index in [1.807, 2.05) is 37.3 Å². The van der Waals surface area contributed by atoms with Crippen molar-refractivity contribution in [3.63, 3.8) is 0 Å². The normalized spacial score (nSPS) is 18.0. The average molecular weight is 515 g/mol. The van der Waals surface area contributed by atoms with Crippen molar-refractivity contribution in [1.82, 2.24) is 14.9 Å². The second kappa shape index (κ2) is 12.2. The number of nitrogens with two attached hydrogens (primary N) is 2. The molecule has 4 rings (SSSR count). The SMILES string of the molecule is CCC(=O)Nc1ccc(Sc2nc(N=C(N)C=C(C)N)cc(N3CCC(N4CCCC4)CC3)n2)cc1.[HH].[HH].[HH]. The molecule has 0 aliphatic carbocycles. The number of amidine groups is 1. The summed E-state index contributed by atoms with van der Waals surface area (Å²) >= 11 is 1.46. The number of benzene rings is 1. The molecule has 2 aliphatic rings. The van der Waals surface area contributed by atoms with Crippen LogP contribution in [0.3, 0.4) is 0 Å². The number of nitrogens with zero attached hydrogens (tertiary/aromatic N) is 5. The van der Waals surface area contributed by atoms with Crippen LogP contribution in [0, 0.1) is 0 Å². The maximum absolute atomic E-state index is 11.7. The molecule has 0 atom stereocenters. The summed E-state index contributed by atoms with van der Waals surface area (Å²) < 4.78 is 0. The number of rotatable bonds is 8. The summed E-state index contributed by atoms with van der Waals surface area (Å²) in [5.41, 5.74) is 13.2. The van der Waals surface area contributed by atoms with Crippen LogP contribution in [0.1, 0.15) is 50.2 Å². The van der Waals surface area contributed by atoms with E-state index in [9.17, 15) is 4.79 Å². The maximum atomic E-state index is 11.7. The first-order chi connectivity index (χ1) is 17.4. The lowest BCUT2D eigenvalue weighted by Gasteiger charge is -2.37. The Morgan fingerprint density at radius 1 is 1.17 bits per heavy atom. The molecule has 2 aromatic rings. The number of allylic oxidation sites excluding steroid dienone is 1. The molecule has 2 aliphatic heterocycles. The molecule has 3 heterocycles. The van der Waals surface area contributed by atoms with E-state index < -0.39 is 0 Å². The Bertz CT molecular complexity index is 1110. The Balaban J connectivity index is 0.00000253. The monoisotopic (exact) mass is 514 g/mol. The fourth-order valence-electron chi connectivity index (χ4n) is 4.59. The molecule has 0 bridgehead atoms. The number of carbonyl (C=O) groups excluding carboxylic acids is 1. The fraction of sp³-hybridized carbons (Fsp3) is 0.462. The molecular formula is C26H42N8OS. The Kier molecular flexibility index (Phi) is 8.82. The lowest BCUT2D eigenvalue weighted by atomic mass is 10.0. The van der Waals surface area contributed by atoms with Crippen LogP contribution in [0.5, 0.6) is 0 Å². The quantitative estimate of drug-likeness (QED) is 0.264. The predicted molar refractivity (Wildman–Crippen MR) is 153 cm³/mol. The number of nitrogens with one attached hydrogen (secondary N) is 1. The van der Waals surface area contributed by atoms with Crippen LogP contribution in [0.2, 0.25) is 0 Å². The topological polar surface area (TPSA) is 126 Å². The van der Waals surface area contributed by atoms with E-state index >= 15 is 0 Å². The first-order valence-electron chi connectivity index (χ1n) is 12.6. The fourth-order valence-corrected chi connectivity index (χ4v) is 5.35. The Labute approximate surface area is 221 Å². The number of aliphatic imine (C=N–C) groups is 1. The van der Waals surface area contributed by atoms with Gasteiger partial charge in [-0.05, 0) is 87.8 Å². The number of hydrogen-bond donors (Lipinski definition) is 3. The molecule has 1 aromatic heterocycles. The van der Waals surface area contributed by atoms with Crippen molar-refractivity contribution in [1.29, 1.82) is 0 Å². The van der Waals surface area contributed by atoms with Crippen molar-refractivity contribution < 1.29 is 9.07 Å². The van der Waals surface area contributed by atoms with Crippen molar-refractivity contribution in [2.45, 2.75) is 62.0 Å². The zero-order valence-electron chi connectivity index (χ0n) is 21.1. The summed E-state index contributed by atoms with van der Waals surface area (Å²) in [6.07, 6.45) is 6.97. The van der Waals surface area contributed by atoms with Gasteiger partial charge in [-0.15, -0.1) is 0 Å². The van der Waals surface area contributed by atoms with Gasteiger partial charge in [-0.1, -0.05) is 6.92 Å². The highest BCUT2D eigenvalue weighted by molar-refractivity contribution is 7.99. The zero-order valence-corrected chi connectivity index (χ0v) is 21.9. The van der Waals surface area contributed by atoms with E-state index in [2.05, 4.69) is 25.1 Å². The van der Waals surface area contributed by atoms with Crippen molar-refractivity contribution in [2.75, 3.05) is 36.4 Å². The second-order valence-electron chi connectivity index (χ2n) is 9.28. The van der Waals surface area contributed by atoms with Gasteiger partial charge in [-0.3, -0.25) is 4.79 Å². The summed E-state index contributed by atoms with van der Waals surface area (Å²) in [4.78, 5) is 31.6. The number of hydrogen-bond acceptors (Lipinski definition) is 8. The number of carbonyl (C=O) groups is 1. The Hall–Kier alpha value is -3.11. The van der Waals surface area contributed by atoms with Gasteiger partial charge in [-0.2, -0.15) is 0 Å². The molecule has 0 unspecified atom stereocenters. The number of likely N-dealkylation sites (tertiary alicyclic amines) is 1. The molecule has 2 saturated heterocycles. The van der Waals surface area contributed by atoms with Gasteiger partial charge in [0.15, 0.2) is 11.0 Å². The molecule has 9 nitrogen and oxygen atoms in total. The van der Waals surface area contributed by atoms with E-state index in [4.69, 9.17) is 16.5 Å². The Morgan fingerprint density at radius 3 is 2.50 bits per heavy atom. The van der Waals surface area contributed by atoms with Crippen molar-refractivity contribution >= 4 is 40.8 Å². The summed E-state index contributed by atoms with van der Waals surface area (Å²) in [6.45, 7) is 7.96. The minimum Gasteiger partial charge on any atom is -0.402 e. The minimum atomic E-state index is -0.0122. The van der Waals surface area contributed by atoms with Gasteiger partial charge < -0.3 is 26.6 Å². The van der Waals surface area contributed by atoms with Crippen LogP contribution in [-0.2, 0) is 4.79 Å². The average Bonchev–Trinajstić information content (AvgIpc) is 3.40. The number of piperidine rings is 1. The third kappa shape index (κ3) is 7.20. The standard InChI is InChI=1S/C26H36N8OS.3H2/c1-3-25(35)29-19-6-8-21(9-7-19)36-26-31-23(30-22(28)16-18(2)27)17-24(32-26)34-14-10-20(11-15-34)33-12-4-5-13-33;;;/h6-9,16-17,20H,3-5,10-15,27H2,1-2H3,(H,29,35)(H2,28,30,31,32);3*1H. The Morgan fingerprint density at radius 2 is 1.86 bits per heavy atom. The predicted octanol–water partition coefficient (Wildman–Crippen LogP) is 4.63. The minimum absolute atomic E-state index is 0. The lowest BCUT2D eigenvalue weighted by Crippen LogP contribution is -2.44. The van der Waals surface area contributed by atoms with Crippen molar-refractivity contribution in [2.24, 2.45) is 16.5 Å². The van der Waals surface area contributed by atoms with E-state index in [0.29, 0.717) is 35.0 Å². The molecule has 198 valence electrons. The third-order valence-electron chi connectivity index (χ3n) is 6.41. The molecular weight excluding hydrogens is 472 g/mol. The third-order valence-corrected chi connectivity index (χ3v) is 7.28. The van der Waals surface area contributed by atoms with Crippen LogP contribution < -0.4 is 21.7 Å². The van der Waals surface area contributed by atoms with E-state index in [1.54, 1.807) is 13.0 Å². The summed E-state index contributed by atoms with van der Waals surface area (Å²) in [5.74, 6) is 1.66. The highest BCUT2D eigenvalue weighted by atomic mass is 32.2. The highest BCUT2D eigenvalue weighted by Crippen LogP contribution is 2.31. The molecule has 10 heteroatoms. The largest absolute Gasteiger partial charge is 0.402 e. The molecule has 1 amide bonds. The zero-order chi connectivity index (χ0) is 25.5. The van der Waals surface area contributed by atoms with E-state index in [0.717, 1.165) is 42.3 Å². The highest BCUT2D eigenvalue weighted by Gasteiger charge is 2.27. The summed E-state index contributed by atoms with van der Waals surface area (Å²) in [6, 6.07) is 10.2. The summed E-state index contributed by atoms with van der Waals surface area (Å²) in [5, 5.41) is 3.46. The van der Waals surface area contributed by atoms with Gasteiger partial charge in [0.05, 0.1) is 0 Å². The molecule has 5 N–H and O–H groups in total. The molecule has 36 heavy (non-hydrogen) atoms. The number of anilines is 2. The number of aromatic nitrogens is 2. The number of amides is 1. The van der Waals surface area contributed by atoms with Gasteiger partial charge in [0, 0.05) is 52.2 Å². The second-order valence-corrected chi connectivity index (χ2v) is 10.3. The molecule has 0 saturated carbocycles.